The quantitative estimate of drug-likeness (QED) is 0.803. The topological polar surface area (TPSA) is 55.1 Å². The summed E-state index contributed by atoms with van der Waals surface area (Å²) in [6, 6.07) is 6.99. The Morgan fingerprint density at radius 3 is 2.63 bits per heavy atom. The normalized spacial score (nSPS) is 12.2. The van der Waals surface area contributed by atoms with E-state index >= 15 is 0 Å². The highest BCUT2D eigenvalue weighted by atomic mass is 79.9. The highest BCUT2D eigenvalue weighted by Crippen LogP contribution is 2.36. The summed E-state index contributed by atoms with van der Waals surface area (Å²) in [4.78, 5) is 12.3. The third-order valence-corrected chi connectivity index (χ3v) is 5.69. The molecule has 100 valence electrons. The number of thiophene rings is 1. The summed E-state index contributed by atoms with van der Waals surface area (Å²) in [6.45, 7) is 0. The summed E-state index contributed by atoms with van der Waals surface area (Å²) >= 11 is 8.10. The molecule has 1 heterocycles. The lowest BCUT2D eigenvalue weighted by atomic mass is 10.2. The van der Waals surface area contributed by atoms with Crippen molar-refractivity contribution in [1.29, 1.82) is 0 Å². The van der Waals surface area contributed by atoms with Crippen molar-refractivity contribution in [3.63, 3.8) is 0 Å². The van der Waals surface area contributed by atoms with Gasteiger partial charge in [-0.15, -0.1) is 11.3 Å². The zero-order valence-electron chi connectivity index (χ0n) is 9.49. The average molecular weight is 408 g/mol. The molecule has 0 saturated carbocycles. The molecule has 0 fully saturated rings. The number of hydrogen-bond acceptors (Lipinski definition) is 3. The molecule has 2 rings (SSSR count). The molecule has 0 radical (unpaired) electrons. The molecule has 0 aliphatic rings. The Hall–Kier alpha value is -0.920. The van der Waals surface area contributed by atoms with E-state index in [4.69, 9.17) is 5.73 Å². The Morgan fingerprint density at radius 2 is 2.11 bits per heavy atom. The van der Waals surface area contributed by atoms with Gasteiger partial charge in [0.2, 0.25) is 5.91 Å². The number of benzene rings is 1. The van der Waals surface area contributed by atoms with Gasteiger partial charge in [0, 0.05) is 15.0 Å². The van der Waals surface area contributed by atoms with Crippen molar-refractivity contribution in [3.8, 4) is 0 Å². The van der Waals surface area contributed by atoms with Crippen LogP contribution in [0.15, 0.2) is 38.6 Å². The van der Waals surface area contributed by atoms with Gasteiger partial charge >= 0.3 is 0 Å². The fourth-order valence-corrected chi connectivity index (χ4v) is 3.68. The van der Waals surface area contributed by atoms with E-state index in [9.17, 15) is 9.18 Å². The molecule has 2 aromatic rings. The number of nitrogens with one attached hydrogen (secondary N) is 1. The van der Waals surface area contributed by atoms with Crippen molar-refractivity contribution in [2.75, 3.05) is 5.32 Å². The minimum Gasteiger partial charge on any atom is -0.369 e. The molecule has 7 heteroatoms. The largest absolute Gasteiger partial charge is 0.369 e. The Balaban J connectivity index is 2.29. The fourth-order valence-electron chi connectivity index (χ4n) is 1.53. The van der Waals surface area contributed by atoms with Gasteiger partial charge in [-0.3, -0.25) is 4.79 Å². The van der Waals surface area contributed by atoms with Crippen LogP contribution in [0.5, 0.6) is 0 Å². The Bertz CT molecular complexity index is 598. The molecule has 1 aromatic heterocycles. The molecule has 1 unspecified atom stereocenters. The van der Waals surface area contributed by atoms with Crippen LogP contribution in [0.2, 0.25) is 0 Å². The Morgan fingerprint density at radius 1 is 1.37 bits per heavy atom. The summed E-state index contributed by atoms with van der Waals surface area (Å²) in [5.41, 5.74) is 5.90. The van der Waals surface area contributed by atoms with Crippen molar-refractivity contribution in [1.82, 2.24) is 0 Å². The van der Waals surface area contributed by atoms with Crippen LogP contribution in [0.1, 0.15) is 10.9 Å². The van der Waals surface area contributed by atoms with Gasteiger partial charge in [-0.2, -0.15) is 0 Å². The van der Waals surface area contributed by atoms with E-state index < -0.39 is 11.9 Å². The number of carbonyl (C=O) groups is 1. The van der Waals surface area contributed by atoms with E-state index in [1.807, 2.05) is 0 Å². The lowest BCUT2D eigenvalue weighted by Gasteiger charge is -2.15. The van der Waals surface area contributed by atoms with Crippen LogP contribution in [-0.4, -0.2) is 5.91 Å². The predicted octanol–water partition coefficient (Wildman–Crippen LogP) is 4.05. The SMILES string of the molecule is NC(=O)C(Nc1cccc(F)c1)c1cc(Br)c(Br)s1. The molecular weight excluding hydrogens is 399 g/mol. The highest BCUT2D eigenvalue weighted by Gasteiger charge is 2.21. The first-order valence-corrected chi connectivity index (χ1v) is 7.64. The van der Waals surface area contributed by atoms with Crippen molar-refractivity contribution in [2.24, 2.45) is 5.73 Å². The summed E-state index contributed by atoms with van der Waals surface area (Å²) in [6.07, 6.45) is 0. The second kappa shape index (κ2) is 6.02. The van der Waals surface area contributed by atoms with Crippen LogP contribution < -0.4 is 11.1 Å². The molecule has 19 heavy (non-hydrogen) atoms. The Labute approximate surface area is 130 Å². The number of carbonyl (C=O) groups excluding carboxylic acids is 1. The summed E-state index contributed by atoms with van der Waals surface area (Å²) < 4.78 is 14.8. The molecule has 0 bridgehead atoms. The van der Waals surface area contributed by atoms with Gasteiger partial charge in [-0.25, -0.2) is 4.39 Å². The summed E-state index contributed by atoms with van der Waals surface area (Å²) in [7, 11) is 0. The minimum absolute atomic E-state index is 0.373. The molecular formula is C12H9Br2FN2OS. The number of amides is 1. The van der Waals surface area contributed by atoms with Gasteiger partial charge in [0.15, 0.2) is 0 Å². The van der Waals surface area contributed by atoms with Crippen LogP contribution in [-0.2, 0) is 4.79 Å². The molecule has 1 atom stereocenters. The van der Waals surface area contributed by atoms with E-state index in [0.717, 1.165) is 13.1 Å². The lowest BCUT2D eigenvalue weighted by Crippen LogP contribution is -2.27. The fraction of sp³-hybridized carbons (Fsp3) is 0.0833. The first-order valence-electron chi connectivity index (χ1n) is 5.23. The molecule has 0 aliphatic carbocycles. The third kappa shape index (κ3) is 3.55. The van der Waals surface area contributed by atoms with E-state index in [1.165, 1.54) is 23.5 Å². The second-order valence-corrected chi connectivity index (χ2v) is 7.02. The van der Waals surface area contributed by atoms with E-state index in [0.29, 0.717) is 5.69 Å². The minimum atomic E-state index is -0.700. The maximum Gasteiger partial charge on any atom is 0.245 e. The van der Waals surface area contributed by atoms with Gasteiger partial charge in [-0.05, 0) is 56.1 Å². The van der Waals surface area contributed by atoms with Crippen LogP contribution in [0.25, 0.3) is 0 Å². The van der Waals surface area contributed by atoms with Gasteiger partial charge < -0.3 is 11.1 Å². The van der Waals surface area contributed by atoms with Crippen molar-refractivity contribution < 1.29 is 9.18 Å². The third-order valence-electron chi connectivity index (χ3n) is 2.37. The molecule has 3 N–H and O–H groups in total. The maximum atomic E-state index is 13.1. The first kappa shape index (κ1) is 14.5. The van der Waals surface area contributed by atoms with Gasteiger partial charge in [0.25, 0.3) is 0 Å². The highest BCUT2D eigenvalue weighted by molar-refractivity contribution is 9.13. The first-order chi connectivity index (χ1) is 8.97. The number of anilines is 1. The van der Waals surface area contributed by atoms with Crippen LogP contribution in [0.4, 0.5) is 10.1 Å². The number of nitrogens with two attached hydrogens (primary N) is 1. The number of hydrogen-bond donors (Lipinski definition) is 2. The van der Waals surface area contributed by atoms with Crippen molar-refractivity contribution in [2.45, 2.75) is 6.04 Å². The smallest absolute Gasteiger partial charge is 0.245 e. The Kier molecular flexibility index (Phi) is 4.59. The van der Waals surface area contributed by atoms with E-state index in [-0.39, 0.29) is 5.82 Å². The van der Waals surface area contributed by atoms with Crippen LogP contribution in [0, 0.1) is 5.82 Å². The molecule has 0 saturated heterocycles. The number of halogens is 3. The monoisotopic (exact) mass is 406 g/mol. The molecule has 1 amide bonds. The predicted molar refractivity (Wildman–Crippen MR) is 81.7 cm³/mol. The number of primary amides is 1. The lowest BCUT2D eigenvalue weighted by molar-refractivity contribution is -0.118. The van der Waals surface area contributed by atoms with Gasteiger partial charge in [0.05, 0.1) is 3.79 Å². The van der Waals surface area contributed by atoms with Crippen molar-refractivity contribution in [3.05, 3.63) is 49.3 Å². The van der Waals surface area contributed by atoms with E-state index in [2.05, 4.69) is 37.2 Å². The maximum absolute atomic E-state index is 13.1. The molecule has 0 aliphatic heterocycles. The summed E-state index contributed by atoms with van der Waals surface area (Å²) in [5, 5.41) is 2.93. The average Bonchev–Trinajstić information content (AvgIpc) is 2.66. The second-order valence-electron chi connectivity index (χ2n) is 3.76. The van der Waals surface area contributed by atoms with Crippen LogP contribution in [0.3, 0.4) is 0 Å². The zero-order chi connectivity index (χ0) is 14.0. The van der Waals surface area contributed by atoms with Crippen LogP contribution >= 0.6 is 43.2 Å². The van der Waals surface area contributed by atoms with Crippen molar-refractivity contribution >= 4 is 54.8 Å². The number of rotatable bonds is 4. The zero-order valence-corrected chi connectivity index (χ0v) is 13.5. The van der Waals surface area contributed by atoms with Gasteiger partial charge in [-0.1, -0.05) is 6.07 Å². The summed E-state index contributed by atoms with van der Waals surface area (Å²) in [5.74, 6) is -0.896. The molecule has 3 nitrogen and oxygen atoms in total. The van der Waals surface area contributed by atoms with E-state index in [1.54, 1.807) is 18.2 Å². The molecule has 1 aromatic carbocycles. The van der Waals surface area contributed by atoms with Gasteiger partial charge in [0.1, 0.15) is 11.9 Å². The standard InChI is InChI=1S/C12H9Br2FN2OS/c13-8-5-9(19-11(8)14)10(12(16)18)17-7-3-1-2-6(15)4-7/h1-5,10,17H,(H2,16,18). The molecule has 0 spiro atoms.